The van der Waals surface area contributed by atoms with Gasteiger partial charge in [-0.3, -0.25) is 4.79 Å². The van der Waals surface area contributed by atoms with Crippen LogP contribution >= 0.6 is 0 Å². The Morgan fingerprint density at radius 3 is 2.42 bits per heavy atom. The van der Waals surface area contributed by atoms with Gasteiger partial charge in [0.05, 0.1) is 0 Å². The van der Waals surface area contributed by atoms with Crippen molar-refractivity contribution in [2.24, 2.45) is 11.7 Å². The third-order valence-electron chi connectivity index (χ3n) is 3.59. The highest BCUT2D eigenvalue weighted by atomic mass is 16.1. The van der Waals surface area contributed by atoms with E-state index in [0.29, 0.717) is 25.4 Å². The summed E-state index contributed by atoms with van der Waals surface area (Å²) in [5.41, 5.74) is 8.00. The van der Waals surface area contributed by atoms with Gasteiger partial charge in [-0.2, -0.15) is 0 Å². The van der Waals surface area contributed by atoms with Crippen LogP contribution < -0.4 is 11.1 Å². The van der Waals surface area contributed by atoms with Gasteiger partial charge in [-0.25, -0.2) is 0 Å². The highest BCUT2D eigenvalue weighted by molar-refractivity contribution is 5.76. The first-order chi connectivity index (χ1) is 9.06. The van der Waals surface area contributed by atoms with Crippen LogP contribution in [0.4, 0.5) is 0 Å². The molecule has 19 heavy (non-hydrogen) atoms. The number of nitrogens with two attached hydrogens (primary N) is 1. The van der Waals surface area contributed by atoms with Gasteiger partial charge in [-0.15, -0.1) is 0 Å². The van der Waals surface area contributed by atoms with Crippen molar-refractivity contribution in [3.63, 3.8) is 0 Å². The summed E-state index contributed by atoms with van der Waals surface area (Å²) in [6, 6.07) is 8.48. The first-order valence-electron chi connectivity index (χ1n) is 7.12. The molecule has 3 nitrogen and oxygen atoms in total. The Hall–Kier alpha value is -1.35. The van der Waals surface area contributed by atoms with Crippen LogP contribution in [0, 0.1) is 5.92 Å². The zero-order valence-electron chi connectivity index (χ0n) is 12.3. The molecule has 1 amide bonds. The standard InChI is InChI=1S/C16H26N2O/c1-4-13(3)15-7-5-14(6-8-15)11-18-16(19)9-12(2)10-17/h5-8,12-13H,4,9-11,17H2,1-3H3,(H,18,19). The Labute approximate surface area is 116 Å². The van der Waals surface area contributed by atoms with Crippen LogP contribution in [-0.4, -0.2) is 12.5 Å². The van der Waals surface area contributed by atoms with Gasteiger partial charge in [-0.05, 0) is 35.9 Å². The van der Waals surface area contributed by atoms with Gasteiger partial charge in [0.15, 0.2) is 0 Å². The number of carbonyl (C=O) groups excluding carboxylic acids is 1. The molecule has 0 radical (unpaired) electrons. The maximum absolute atomic E-state index is 11.6. The summed E-state index contributed by atoms with van der Waals surface area (Å²) < 4.78 is 0. The van der Waals surface area contributed by atoms with E-state index in [4.69, 9.17) is 5.73 Å². The van der Waals surface area contributed by atoms with Gasteiger partial charge in [0.2, 0.25) is 5.91 Å². The largest absolute Gasteiger partial charge is 0.352 e. The SMILES string of the molecule is CCC(C)c1ccc(CNC(=O)CC(C)CN)cc1. The number of hydrogen-bond donors (Lipinski definition) is 2. The molecular weight excluding hydrogens is 236 g/mol. The summed E-state index contributed by atoms with van der Waals surface area (Å²) in [6.07, 6.45) is 1.65. The van der Waals surface area contributed by atoms with Crippen LogP contribution in [0.25, 0.3) is 0 Å². The highest BCUT2D eigenvalue weighted by Crippen LogP contribution is 2.18. The number of benzene rings is 1. The molecule has 1 aromatic rings. The van der Waals surface area contributed by atoms with Gasteiger partial charge in [-0.1, -0.05) is 45.0 Å². The summed E-state index contributed by atoms with van der Waals surface area (Å²) in [5.74, 6) is 0.908. The molecule has 0 aliphatic heterocycles. The third-order valence-corrected chi connectivity index (χ3v) is 3.59. The molecule has 0 fully saturated rings. The van der Waals surface area contributed by atoms with Crippen molar-refractivity contribution in [3.8, 4) is 0 Å². The minimum Gasteiger partial charge on any atom is -0.352 e. The minimum atomic E-state index is 0.0731. The van der Waals surface area contributed by atoms with Gasteiger partial charge in [0.25, 0.3) is 0 Å². The number of hydrogen-bond acceptors (Lipinski definition) is 2. The Morgan fingerprint density at radius 1 is 1.26 bits per heavy atom. The van der Waals surface area contributed by atoms with E-state index in [1.165, 1.54) is 5.56 Å². The van der Waals surface area contributed by atoms with Crippen LogP contribution in [0.3, 0.4) is 0 Å². The highest BCUT2D eigenvalue weighted by Gasteiger charge is 2.07. The lowest BCUT2D eigenvalue weighted by Crippen LogP contribution is -2.26. The van der Waals surface area contributed by atoms with Gasteiger partial charge in [0.1, 0.15) is 0 Å². The van der Waals surface area contributed by atoms with Crippen molar-refractivity contribution in [3.05, 3.63) is 35.4 Å². The molecule has 106 valence electrons. The normalized spacial score (nSPS) is 13.9. The third kappa shape index (κ3) is 5.43. The van der Waals surface area contributed by atoms with Crippen LogP contribution in [-0.2, 0) is 11.3 Å². The van der Waals surface area contributed by atoms with Crippen LogP contribution in [0.15, 0.2) is 24.3 Å². The van der Waals surface area contributed by atoms with Crippen LogP contribution in [0.5, 0.6) is 0 Å². The van der Waals surface area contributed by atoms with E-state index in [1.54, 1.807) is 0 Å². The molecule has 0 aliphatic rings. The van der Waals surface area contributed by atoms with Crippen molar-refractivity contribution in [1.82, 2.24) is 5.32 Å². The zero-order chi connectivity index (χ0) is 14.3. The van der Waals surface area contributed by atoms with E-state index in [2.05, 4.69) is 43.4 Å². The van der Waals surface area contributed by atoms with Gasteiger partial charge >= 0.3 is 0 Å². The number of amides is 1. The molecular formula is C16H26N2O. The Kier molecular flexibility index (Phi) is 6.57. The summed E-state index contributed by atoms with van der Waals surface area (Å²) >= 11 is 0. The second-order valence-electron chi connectivity index (χ2n) is 5.37. The lowest BCUT2D eigenvalue weighted by Gasteiger charge is -2.11. The average molecular weight is 262 g/mol. The van der Waals surface area contributed by atoms with Crippen molar-refractivity contribution >= 4 is 5.91 Å². The molecule has 1 rings (SSSR count). The molecule has 0 saturated carbocycles. The monoisotopic (exact) mass is 262 g/mol. The van der Waals surface area contributed by atoms with Crippen molar-refractivity contribution < 1.29 is 4.79 Å². The van der Waals surface area contributed by atoms with E-state index in [1.807, 2.05) is 6.92 Å². The molecule has 0 heterocycles. The second-order valence-corrected chi connectivity index (χ2v) is 5.37. The van der Waals surface area contributed by atoms with E-state index in [9.17, 15) is 4.79 Å². The topological polar surface area (TPSA) is 55.1 Å². The maximum Gasteiger partial charge on any atom is 0.220 e. The molecule has 3 N–H and O–H groups in total. The first-order valence-corrected chi connectivity index (χ1v) is 7.12. The lowest BCUT2D eigenvalue weighted by atomic mass is 9.98. The fraction of sp³-hybridized carbons (Fsp3) is 0.562. The molecule has 0 saturated heterocycles. The maximum atomic E-state index is 11.6. The number of carbonyl (C=O) groups is 1. The molecule has 0 spiro atoms. The summed E-state index contributed by atoms with van der Waals surface area (Å²) in [4.78, 5) is 11.6. The van der Waals surface area contributed by atoms with Crippen LogP contribution in [0.1, 0.15) is 50.7 Å². The van der Waals surface area contributed by atoms with E-state index in [-0.39, 0.29) is 11.8 Å². The Bertz CT molecular complexity index is 386. The molecule has 2 unspecified atom stereocenters. The van der Waals surface area contributed by atoms with Crippen LogP contribution in [0.2, 0.25) is 0 Å². The minimum absolute atomic E-state index is 0.0731. The zero-order valence-corrected chi connectivity index (χ0v) is 12.3. The second kappa shape index (κ2) is 7.95. The quantitative estimate of drug-likeness (QED) is 0.794. The molecule has 0 aromatic heterocycles. The Balaban J connectivity index is 2.43. The van der Waals surface area contributed by atoms with Crippen molar-refractivity contribution in [1.29, 1.82) is 0 Å². The van der Waals surface area contributed by atoms with Crippen molar-refractivity contribution in [2.45, 2.75) is 46.1 Å². The van der Waals surface area contributed by atoms with Gasteiger partial charge < -0.3 is 11.1 Å². The Morgan fingerprint density at radius 2 is 1.89 bits per heavy atom. The van der Waals surface area contributed by atoms with E-state index >= 15 is 0 Å². The molecule has 3 heteroatoms. The fourth-order valence-corrected chi connectivity index (χ4v) is 1.87. The average Bonchev–Trinajstić information content (AvgIpc) is 2.44. The van der Waals surface area contributed by atoms with E-state index < -0.39 is 0 Å². The van der Waals surface area contributed by atoms with Crippen molar-refractivity contribution in [2.75, 3.05) is 6.54 Å². The van der Waals surface area contributed by atoms with Gasteiger partial charge in [0, 0.05) is 13.0 Å². The van der Waals surface area contributed by atoms with E-state index in [0.717, 1.165) is 12.0 Å². The number of nitrogens with one attached hydrogen (secondary N) is 1. The predicted octanol–water partition coefficient (Wildman–Crippen LogP) is 2.80. The summed E-state index contributed by atoms with van der Waals surface area (Å²) in [6.45, 7) is 7.55. The summed E-state index contributed by atoms with van der Waals surface area (Å²) in [7, 11) is 0. The summed E-state index contributed by atoms with van der Waals surface area (Å²) in [5, 5.41) is 2.93. The molecule has 1 aromatic carbocycles. The fourth-order valence-electron chi connectivity index (χ4n) is 1.87. The first kappa shape index (κ1) is 15.7. The predicted molar refractivity (Wildman–Crippen MR) is 79.8 cm³/mol. The number of rotatable bonds is 7. The smallest absolute Gasteiger partial charge is 0.220 e. The molecule has 0 bridgehead atoms. The lowest BCUT2D eigenvalue weighted by molar-refractivity contribution is -0.122. The molecule has 2 atom stereocenters. The molecule has 0 aliphatic carbocycles.